The van der Waals surface area contributed by atoms with Gasteiger partial charge in [0.1, 0.15) is 11.9 Å². The van der Waals surface area contributed by atoms with Crippen LogP contribution in [0.1, 0.15) is 70.7 Å². The molecule has 1 N–H and O–H groups in total. The first-order chi connectivity index (χ1) is 10.6. The number of hydrogen-bond acceptors (Lipinski definition) is 3. The van der Waals surface area contributed by atoms with E-state index in [2.05, 4.69) is 24.1 Å². The van der Waals surface area contributed by atoms with Crippen LogP contribution in [0.15, 0.2) is 12.4 Å². The summed E-state index contributed by atoms with van der Waals surface area (Å²) in [6.07, 6.45) is 10.5. The van der Waals surface area contributed by atoms with E-state index in [-0.39, 0.29) is 11.9 Å². The minimum Gasteiger partial charge on any atom is -0.353 e. The van der Waals surface area contributed by atoms with Crippen LogP contribution in [0.5, 0.6) is 0 Å². The number of rotatable bonds is 7. The van der Waals surface area contributed by atoms with Crippen molar-refractivity contribution in [3.05, 3.63) is 18.2 Å². The molecule has 1 amide bonds. The normalized spacial score (nSPS) is 17.6. The second-order valence-corrected chi connectivity index (χ2v) is 7.85. The van der Waals surface area contributed by atoms with E-state index in [0.29, 0.717) is 5.92 Å². The molecule has 2 rings (SSSR count). The van der Waals surface area contributed by atoms with Gasteiger partial charge < -0.3 is 9.88 Å². The summed E-state index contributed by atoms with van der Waals surface area (Å²) in [5, 5.41) is 3.88. The summed E-state index contributed by atoms with van der Waals surface area (Å²) in [4.78, 5) is 16.7. The summed E-state index contributed by atoms with van der Waals surface area (Å²) >= 11 is 2.02. The highest BCUT2D eigenvalue weighted by molar-refractivity contribution is 7.99. The summed E-state index contributed by atoms with van der Waals surface area (Å²) in [5.41, 5.74) is 0. The zero-order chi connectivity index (χ0) is 15.9. The number of thioether (sulfide) groups is 1. The lowest BCUT2D eigenvalue weighted by Gasteiger charge is -2.21. The monoisotopic (exact) mass is 323 g/mol. The fourth-order valence-corrected chi connectivity index (χ4v) is 4.22. The summed E-state index contributed by atoms with van der Waals surface area (Å²) < 4.78 is 1.98. The number of aromatic nitrogens is 2. The maximum Gasteiger partial charge on any atom is 0.242 e. The van der Waals surface area contributed by atoms with Crippen LogP contribution in [-0.4, -0.2) is 33.0 Å². The Bertz CT molecular complexity index is 466. The highest BCUT2D eigenvalue weighted by Gasteiger charge is 2.19. The van der Waals surface area contributed by atoms with Gasteiger partial charge in [0.25, 0.3) is 0 Å². The molecule has 1 fully saturated rings. The van der Waals surface area contributed by atoms with Gasteiger partial charge in [-0.2, -0.15) is 11.8 Å². The fourth-order valence-electron chi connectivity index (χ4n) is 3.00. The highest BCUT2D eigenvalue weighted by atomic mass is 32.2. The van der Waals surface area contributed by atoms with Crippen LogP contribution in [-0.2, 0) is 4.79 Å². The van der Waals surface area contributed by atoms with Crippen LogP contribution < -0.4 is 5.32 Å². The molecule has 0 aromatic carbocycles. The quantitative estimate of drug-likeness (QED) is 0.777. The summed E-state index contributed by atoms with van der Waals surface area (Å²) in [5.74, 6) is 2.40. The molecule has 0 radical (unpaired) electrons. The Balaban J connectivity index is 1.73. The van der Waals surface area contributed by atoms with Gasteiger partial charge in [0, 0.05) is 35.9 Å². The predicted molar refractivity (Wildman–Crippen MR) is 93.4 cm³/mol. The van der Waals surface area contributed by atoms with Crippen LogP contribution in [0.2, 0.25) is 0 Å². The number of hydrogen-bond donors (Lipinski definition) is 1. The van der Waals surface area contributed by atoms with E-state index in [1.807, 2.05) is 29.4 Å². The molecule has 5 heteroatoms. The first-order valence-electron chi connectivity index (χ1n) is 8.51. The second kappa shape index (κ2) is 8.61. The van der Waals surface area contributed by atoms with E-state index < -0.39 is 0 Å². The van der Waals surface area contributed by atoms with Gasteiger partial charge in [-0.3, -0.25) is 4.79 Å². The summed E-state index contributed by atoms with van der Waals surface area (Å²) in [6, 6.07) is -0.195. The molecular formula is C17H29N3OS. The van der Waals surface area contributed by atoms with Gasteiger partial charge in [-0.15, -0.1) is 0 Å². The van der Waals surface area contributed by atoms with E-state index in [1.54, 1.807) is 6.20 Å². The van der Waals surface area contributed by atoms with Crippen LogP contribution >= 0.6 is 11.8 Å². The Hall–Kier alpha value is -0.970. The topological polar surface area (TPSA) is 46.9 Å². The van der Waals surface area contributed by atoms with E-state index in [0.717, 1.165) is 23.4 Å². The molecule has 1 aromatic heterocycles. The maximum absolute atomic E-state index is 12.3. The van der Waals surface area contributed by atoms with Crippen molar-refractivity contribution in [2.24, 2.45) is 0 Å². The molecule has 1 heterocycles. The van der Waals surface area contributed by atoms with Crippen molar-refractivity contribution >= 4 is 17.7 Å². The van der Waals surface area contributed by atoms with Crippen LogP contribution in [0.25, 0.3) is 0 Å². The third kappa shape index (κ3) is 4.77. The van der Waals surface area contributed by atoms with Crippen molar-refractivity contribution < 1.29 is 4.79 Å². The van der Waals surface area contributed by atoms with Crippen LogP contribution in [0.4, 0.5) is 0 Å². The molecule has 0 aliphatic heterocycles. The number of nitrogens with zero attached hydrogens (tertiary/aromatic N) is 2. The van der Waals surface area contributed by atoms with Crippen molar-refractivity contribution in [2.75, 3.05) is 12.3 Å². The third-order valence-electron chi connectivity index (χ3n) is 4.32. The zero-order valence-corrected chi connectivity index (χ0v) is 14.9. The Morgan fingerprint density at radius 1 is 1.36 bits per heavy atom. The number of imidazole rings is 1. The van der Waals surface area contributed by atoms with Gasteiger partial charge in [-0.25, -0.2) is 4.98 Å². The number of carbonyl (C=O) groups is 1. The van der Waals surface area contributed by atoms with Gasteiger partial charge in [-0.1, -0.05) is 33.1 Å². The Kier molecular flexibility index (Phi) is 6.80. The second-order valence-electron chi connectivity index (χ2n) is 6.45. The van der Waals surface area contributed by atoms with Crippen LogP contribution in [0.3, 0.4) is 0 Å². The molecule has 0 spiro atoms. The van der Waals surface area contributed by atoms with E-state index in [9.17, 15) is 4.79 Å². The Labute approximate surface area is 138 Å². The standard InChI is InChI=1S/C17H29N3OS/c1-13(2)16-18-9-11-20(16)14(3)17(21)19-10-12-22-15-7-5-4-6-8-15/h9,11,13-15H,4-8,10,12H2,1-3H3,(H,19,21)/t14-/m0/s1. The van der Waals surface area contributed by atoms with Gasteiger partial charge in [0.2, 0.25) is 5.91 Å². The fraction of sp³-hybridized carbons (Fsp3) is 0.765. The lowest BCUT2D eigenvalue weighted by Crippen LogP contribution is -2.33. The molecule has 124 valence electrons. The van der Waals surface area contributed by atoms with E-state index in [1.165, 1.54) is 32.1 Å². The number of amides is 1. The van der Waals surface area contributed by atoms with Gasteiger partial charge in [0.05, 0.1) is 0 Å². The average molecular weight is 324 g/mol. The first-order valence-corrected chi connectivity index (χ1v) is 9.56. The first kappa shape index (κ1) is 17.4. The molecule has 1 aromatic rings. The molecule has 1 atom stereocenters. The molecular weight excluding hydrogens is 294 g/mol. The van der Waals surface area contributed by atoms with Gasteiger partial charge in [-0.05, 0) is 19.8 Å². The smallest absolute Gasteiger partial charge is 0.242 e. The number of carbonyl (C=O) groups excluding carboxylic acids is 1. The van der Waals surface area contributed by atoms with Crippen LogP contribution in [0, 0.1) is 0 Å². The largest absolute Gasteiger partial charge is 0.353 e. The average Bonchev–Trinajstić information content (AvgIpc) is 3.01. The molecule has 1 saturated carbocycles. The molecule has 0 unspecified atom stereocenters. The van der Waals surface area contributed by atoms with Crippen molar-refractivity contribution in [2.45, 2.75) is 70.1 Å². The lowest BCUT2D eigenvalue weighted by atomic mass is 10.0. The summed E-state index contributed by atoms with van der Waals surface area (Å²) in [7, 11) is 0. The number of nitrogens with one attached hydrogen (secondary N) is 1. The third-order valence-corrected chi connectivity index (χ3v) is 5.70. The van der Waals surface area contributed by atoms with E-state index >= 15 is 0 Å². The molecule has 0 saturated heterocycles. The Morgan fingerprint density at radius 3 is 2.77 bits per heavy atom. The Morgan fingerprint density at radius 2 is 2.09 bits per heavy atom. The van der Waals surface area contributed by atoms with Gasteiger partial charge >= 0.3 is 0 Å². The zero-order valence-electron chi connectivity index (χ0n) is 14.0. The van der Waals surface area contributed by atoms with Crippen molar-refractivity contribution in [3.63, 3.8) is 0 Å². The summed E-state index contributed by atoms with van der Waals surface area (Å²) in [6.45, 7) is 6.90. The minimum absolute atomic E-state index is 0.0872. The predicted octanol–water partition coefficient (Wildman–Crippen LogP) is 3.75. The molecule has 22 heavy (non-hydrogen) atoms. The maximum atomic E-state index is 12.3. The van der Waals surface area contributed by atoms with Crippen molar-refractivity contribution in [3.8, 4) is 0 Å². The highest BCUT2D eigenvalue weighted by Crippen LogP contribution is 2.27. The molecule has 1 aliphatic rings. The van der Waals surface area contributed by atoms with Gasteiger partial charge in [0.15, 0.2) is 0 Å². The van der Waals surface area contributed by atoms with E-state index in [4.69, 9.17) is 0 Å². The van der Waals surface area contributed by atoms with Crippen molar-refractivity contribution in [1.29, 1.82) is 0 Å². The minimum atomic E-state index is -0.195. The molecule has 4 nitrogen and oxygen atoms in total. The lowest BCUT2D eigenvalue weighted by molar-refractivity contribution is -0.123. The molecule has 1 aliphatic carbocycles. The molecule has 0 bridgehead atoms. The van der Waals surface area contributed by atoms with Crippen molar-refractivity contribution in [1.82, 2.24) is 14.9 Å². The SMILES string of the molecule is CC(C)c1nccn1[C@@H](C)C(=O)NCCSC1CCCCC1.